The number of aryl methyl sites for hydroxylation is 1. The highest BCUT2D eigenvalue weighted by molar-refractivity contribution is 7.80. The molecule has 156 valence electrons. The first-order valence-corrected chi connectivity index (χ1v) is 10.1. The Kier molecular flexibility index (Phi) is 5.44. The Morgan fingerprint density at radius 2 is 1.65 bits per heavy atom. The second-order valence-electron chi connectivity index (χ2n) is 7.15. The zero-order valence-corrected chi connectivity index (χ0v) is 18.2. The summed E-state index contributed by atoms with van der Waals surface area (Å²) < 4.78 is 7.26. The van der Waals surface area contributed by atoms with Crippen molar-refractivity contribution in [3.63, 3.8) is 0 Å². The van der Waals surface area contributed by atoms with E-state index in [-0.39, 0.29) is 10.7 Å². The van der Waals surface area contributed by atoms with E-state index in [0.29, 0.717) is 11.4 Å². The maximum atomic E-state index is 13.2. The van der Waals surface area contributed by atoms with Crippen LogP contribution in [-0.4, -0.2) is 28.6 Å². The first-order valence-electron chi connectivity index (χ1n) is 9.70. The average Bonchev–Trinajstić information content (AvgIpc) is 3.05. The molecule has 2 aromatic carbocycles. The summed E-state index contributed by atoms with van der Waals surface area (Å²) in [4.78, 5) is 27.2. The van der Waals surface area contributed by atoms with Crippen molar-refractivity contribution in [2.24, 2.45) is 0 Å². The molecule has 31 heavy (non-hydrogen) atoms. The molecular formula is C24H21N3O3S. The van der Waals surface area contributed by atoms with Gasteiger partial charge in [-0.3, -0.25) is 19.8 Å². The first-order chi connectivity index (χ1) is 14.9. The number of hydrogen-bond acceptors (Lipinski definition) is 4. The highest BCUT2D eigenvalue weighted by atomic mass is 32.1. The van der Waals surface area contributed by atoms with Crippen LogP contribution < -0.4 is 15.0 Å². The van der Waals surface area contributed by atoms with Gasteiger partial charge in [0.15, 0.2) is 5.11 Å². The molecule has 4 rings (SSSR count). The van der Waals surface area contributed by atoms with Crippen LogP contribution in [0, 0.1) is 13.8 Å². The van der Waals surface area contributed by atoms with Crippen LogP contribution in [0.15, 0.2) is 66.2 Å². The Bertz CT molecular complexity index is 1210. The van der Waals surface area contributed by atoms with E-state index in [9.17, 15) is 9.59 Å². The molecule has 1 aromatic heterocycles. The van der Waals surface area contributed by atoms with E-state index in [1.54, 1.807) is 37.5 Å². The van der Waals surface area contributed by atoms with Crippen LogP contribution in [-0.2, 0) is 9.59 Å². The number of carbonyl (C=O) groups excluding carboxylic acids is 2. The van der Waals surface area contributed by atoms with Crippen molar-refractivity contribution in [1.29, 1.82) is 0 Å². The third-order valence-electron chi connectivity index (χ3n) is 5.22. The zero-order valence-electron chi connectivity index (χ0n) is 17.4. The molecule has 7 heteroatoms. The summed E-state index contributed by atoms with van der Waals surface area (Å²) in [7, 11) is 1.57. The van der Waals surface area contributed by atoms with E-state index in [0.717, 1.165) is 22.6 Å². The monoisotopic (exact) mass is 431 g/mol. The molecule has 0 bridgehead atoms. The fraction of sp³-hybridized carbons (Fsp3) is 0.125. The number of ether oxygens (including phenoxy) is 1. The lowest BCUT2D eigenvalue weighted by Crippen LogP contribution is -2.54. The minimum atomic E-state index is -0.510. The van der Waals surface area contributed by atoms with Gasteiger partial charge in [0.1, 0.15) is 11.3 Å². The predicted molar refractivity (Wildman–Crippen MR) is 124 cm³/mol. The Balaban J connectivity index is 1.74. The Labute approximate surface area is 185 Å². The highest BCUT2D eigenvalue weighted by Gasteiger charge is 2.34. The summed E-state index contributed by atoms with van der Waals surface area (Å²) in [6, 6.07) is 18.8. The molecule has 1 aliphatic heterocycles. The molecule has 1 saturated heterocycles. The number of nitrogens with one attached hydrogen (secondary N) is 1. The van der Waals surface area contributed by atoms with Crippen molar-refractivity contribution in [2.45, 2.75) is 13.8 Å². The molecule has 0 spiro atoms. The number of amides is 2. The molecule has 0 saturated carbocycles. The van der Waals surface area contributed by atoms with Crippen molar-refractivity contribution < 1.29 is 14.3 Å². The standard InChI is InChI=1S/C24H21N3O3S/c1-15-13-17(16(2)26(15)18-7-5-4-6-8-18)14-21-22(28)25-24(31)27(23(21)29)19-9-11-20(30-3)12-10-19/h4-14H,1-3H3,(H,25,28,31)/b21-14+. The van der Waals surface area contributed by atoms with Gasteiger partial charge >= 0.3 is 0 Å². The minimum absolute atomic E-state index is 0.0257. The number of anilines is 1. The van der Waals surface area contributed by atoms with E-state index >= 15 is 0 Å². The number of aromatic nitrogens is 1. The van der Waals surface area contributed by atoms with Gasteiger partial charge in [-0.05, 0) is 80.2 Å². The van der Waals surface area contributed by atoms with Crippen LogP contribution in [0.5, 0.6) is 5.75 Å². The second kappa shape index (κ2) is 8.20. The van der Waals surface area contributed by atoms with Crippen molar-refractivity contribution in [3.8, 4) is 11.4 Å². The van der Waals surface area contributed by atoms with E-state index < -0.39 is 11.8 Å². The van der Waals surface area contributed by atoms with Crippen molar-refractivity contribution in [3.05, 3.63) is 83.2 Å². The number of benzene rings is 2. The van der Waals surface area contributed by atoms with Crippen LogP contribution in [0.25, 0.3) is 11.8 Å². The zero-order chi connectivity index (χ0) is 22.1. The SMILES string of the molecule is COc1ccc(N2C(=O)/C(=C/c3cc(C)n(-c4ccccc4)c3C)C(=O)NC2=S)cc1. The molecule has 2 heterocycles. The number of methoxy groups -OCH3 is 1. The van der Waals surface area contributed by atoms with Gasteiger partial charge in [-0.25, -0.2) is 0 Å². The Hall–Kier alpha value is -3.71. The van der Waals surface area contributed by atoms with E-state index in [4.69, 9.17) is 17.0 Å². The van der Waals surface area contributed by atoms with Gasteiger partial charge in [0.25, 0.3) is 11.8 Å². The second-order valence-corrected chi connectivity index (χ2v) is 7.54. The maximum Gasteiger partial charge on any atom is 0.270 e. The van der Waals surface area contributed by atoms with Crippen LogP contribution in [0.3, 0.4) is 0 Å². The normalized spacial score (nSPS) is 15.4. The summed E-state index contributed by atoms with van der Waals surface area (Å²) in [5, 5.41) is 2.67. The topological polar surface area (TPSA) is 63.6 Å². The van der Waals surface area contributed by atoms with E-state index in [1.165, 1.54) is 4.90 Å². The number of hydrogen-bond donors (Lipinski definition) is 1. The number of carbonyl (C=O) groups is 2. The lowest BCUT2D eigenvalue weighted by Gasteiger charge is -2.29. The predicted octanol–water partition coefficient (Wildman–Crippen LogP) is 3.93. The molecule has 2 amide bonds. The van der Waals surface area contributed by atoms with Gasteiger partial charge in [0.2, 0.25) is 0 Å². The Morgan fingerprint density at radius 1 is 0.968 bits per heavy atom. The fourth-order valence-electron chi connectivity index (χ4n) is 3.69. The molecule has 6 nitrogen and oxygen atoms in total. The Morgan fingerprint density at radius 3 is 2.29 bits per heavy atom. The van der Waals surface area contributed by atoms with E-state index in [1.807, 2.05) is 50.2 Å². The smallest absolute Gasteiger partial charge is 0.270 e. The quantitative estimate of drug-likeness (QED) is 0.386. The molecule has 0 unspecified atom stereocenters. The van der Waals surface area contributed by atoms with Crippen molar-refractivity contribution >= 4 is 40.9 Å². The van der Waals surface area contributed by atoms with Crippen LogP contribution in [0.2, 0.25) is 0 Å². The highest BCUT2D eigenvalue weighted by Crippen LogP contribution is 2.27. The minimum Gasteiger partial charge on any atom is -0.497 e. The molecular weight excluding hydrogens is 410 g/mol. The molecule has 0 aliphatic carbocycles. The lowest BCUT2D eigenvalue weighted by molar-refractivity contribution is -0.122. The fourth-order valence-corrected chi connectivity index (χ4v) is 3.97. The third kappa shape index (κ3) is 3.75. The summed E-state index contributed by atoms with van der Waals surface area (Å²) in [6.07, 6.45) is 1.62. The summed E-state index contributed by atoms with van der Waals surface area (Å²) in [5.74, 6) is -0.319. The largest absolute Gasteiger partial charge is 0.497 e. The van der Waals surface area contributed by atoms with Crippen LogP contribution >= 0.6 is 12.2 Å². The van der Waals surface area contributed by atoms with Gasteiger partial charge in [-0.2, -0.15) is 0 Å². The molecule has 3 aromatic rings. The molecule has 0 radical (unpaired) electrons. The number of thiocarbonyl (C=S) groups is 1. The number of nitrogens with zero attached hydrogens (tertiary/aromatic N) is 2. The van der Waals surface area contributed by atoms with Gasteiger partial charge in [0.05, 0.1) is 12.8 Å². The molecule has 0 atom stereocenters. The molecule has 1 fully saturated rings. The van der Waals surface area contributed by atoms with E-state index in [2.05, 4.69) is 9.88 Å². The average molecular weight is 432 g/mol. The first kappa shape index (κ1) is 20.6. The van der Waals surface area contributed by atoms with Gasteiger partial charge < -0.3 is 9.30 Å². The number of rotatable bonds is 4. The molecule has 1 aliphatic rings. The van der Waals surface area contributed by atoms with Gasteiger partial charge in [-0.1, -0.05) is 18.2 Å². The third-order valence-corrected chi connectivity index (χ3v) is 5.50. The molecule has 1 N–H and O–H groups in total. The van der Waals surface area contributed by atoms with Gasteiger partial charge in [0, 0.05) is 17.1 Å². The van der Waals surface area contributed by atoms with Crippen molar-refractivity contribution in [1.82, 2.24) is 9.88 Å². The lowest BCUT2D eigenvalue weighted by atomic mass is 10.1. The van der Waals surface area contributed by atoms with Crippen LogP contribution in [0.1, 0.15) is 17.0 Å². The van der Waals surface area contributed by atoms with Crippen molar-refractivity contribution in [2.75, 3.05) is 12.0 Å². The summed E-state index contributed by atoms with van der Waals surface area (Å²) >= 11 is 5.27. The van der Waals surface area contributed by atoms with Crippen LogP contribution in [0.4, 0.5) is 5.69 Å². The summed E-state index contributed by atoms with van der Waals surface area (Å²) in [5.41, 5.74) is 4.32. The van der Waals surface area contributed by atoms with Gasteiger partial charge in [-0.15, -0.1) is 0 Å². The maximum absolute atomic E-state index is 13.2. The number of para-hydroxylation sites is 1. The summed E-state index contributed by atoms with van der Waals surface area (Å²) in [6.45, 7) is 3.95.